The summed E-state index contributed by atoms with van der Waals surface area (Å²) in [5, 5.41) is 10.1. The molecule has 0 saturated heterocycles. The molecule has 30 heavy (non-hydrogen) atoms. The molecular weight excluding hydrogens is 423 g/mol. The zero-order valence-electron chi connectivity index (χ0n) is 15.5. The quantitative estimate of drug-likeness (QED) is 0.458. The number of imide groups is 1. The Balaban J connectivity index is 1.72. The molecule has 0 spiro atoms. The summed E-state index contributed by atoms with van der Waals surface area (Å²) in [5.74, 6) is -0.470. The van der Waals surface area contributed by atoms with Crippen LogP contribution in [0.5, 0.6) is 0 Å². The maximum Gasteiger partial charge on any atom is 0.275 e. The van der Waals surface area contributed by atoms with Gasteiger partial charge in [-0.2, -0.15) is 0 Å². The van der Waals surface area contributed by atoms with Crippen LogP contribution in [0.25, 0.3) is 32.0 Å². The highest BCUT2D eigenvalue weighted by Crippen LogP contribution is 2.40. The number of hydrogen-bond donors (Lipinski definition) is 2. The highest BCUT2D eigenvalue weighted by Gasteiger charge is 2.28. The summed E-state index contributed by atoms with van der Waals surface area (Å²) >= 11 is 3.04. The van der Waals surface area contributed by atoms with Gasteiger partial charge >= 0.3 is 0 Å². The Morgan fingerprint density at radius 1 is 1.03 bits per heavy atom. The van der Waals surface area contributed by atoms with Crippen molar-refractivity contribution < 1.29 is 14.0 Å². The number of nitrogens with one attached hydrogen (secondary N) is 2. The number of amides is 2. The fourth-order valence-corrected chi connectivity index (χ4v) is 4.95. The molecule has 0 fully saturated rings. The van der Waals surface area contributed by atoms with Crippen LogP contribution >= 0.6 is 22.7 Å². The first-order valence-corrected chi connectivity index (χ1v) is 10.7. The first kappa shape index (κ1) is 18.6. The van der Waals surface area contributed by atoms with E-state index < -0.39 is 11.8 Å². The number of carbonyl (C=O) groups is 2. The van der Waals surface area contributed by atoms with Crippen LogP contribution in [0.1, 0.15) is 6.92 Å². The molecule has 1 aliphatic heterocycles. The first-order valence-electron chi connectivity index (χ1n) is 8.94. The van der Waals surface area contributed by atoms with Gasteiger partial charge in [0, 0.05) is 27.0 Å². The van der Waals surface area contributed by atoms with Crippen LogP contribution in [0.2, 0.25) is 0 Å². The molecule has 4 aromatic rings. The number of thiophene rings is 2. The summed E-state index contributed by atoms with van der Waals surface area (Å²) in [5.41, 5.74) is 2.04. The van der Waals surface area contributed by atoms with Crippen molar-refractivity contribution in [2.75, 3.05) is 5.32 Å². The van der Waals surface area contributed by atoms with E-state index in [-0.39, 0.29) is 11.5 Å². The Hall–Kier alpha value is -3.43. The topological polar surface area (TPSA) is 84.0 Å². The number of carbonyl (C=O) groups excluding carboxylic acids is 2. The lowest BCUT2D eigenvalue weighted by Crippen LogP contribution is -2.24. The number of halogens is 1. The van der Waals surface area contributed by atoms with Crippen LogP contribution < -0.4 is 10.6 Å². The zero-order chi connectivity index (χ0) is 20.8. The lowest BCUT2D eigenvalue weighted by atomic mass is 10.1. The average molecular weight is 436 g/mol. The van der Waals surface area contributed by atoms with E-state index in [0.717, 1.165) is 20.7 Å². The molecular formula is C21H13FN4O2S2. The van der Waals surface area contributed by atoms with Crippen molar-refractivity contribution >= 4 is 50.5 Å². The van der Waals surface area contributed by atoms with Crippen molar-refractivity contribution in [3.05, 3.63) is 64.2 Å². The minimum absolute atomic E-state index is 0.161. The third kappa shape index (κ3) is 3.08. The van der Waals surface area contributed by atoms with Crippen LogP contribution in [0.4, 0.5) is 10.2 Å². The Morgan fingerprint density at radius 2 is 1.83 bits per heavy atom. The molecule has 0 saturated carbocycles. The number of anilines is 1. The van der Waals surface area contributed by atoms with Crippen molar-refractivity contribution in [3.8, 4) is 21.8 Å². The molecule has 0 atom stereocenters. The highest BCUT2D eigenvalue weighted by atomic mass is 32.1. The van der Waals surface area contributed by atoms with Gasteiger partial charge in [-0.1, -0.05) is 6.07 Å². The van der Waals surface area contributed by atoms with E-state index in [9.17, 15) is 14.0 Å². The third-order valence-electron chi connectivity index (χ3n) is 4.74. The standard InChI is InChI=1S/C21H13FN4O2S2/c1-10-16(20(28)26-19(10)27)23-18-15-13(14-3-2-8-29-14)9-30-21(15)25-17(24-18)11-4-6-12(22)7-5-11/h2-9H,1H3,(H2,23,24,25,26,27,28). The van der Waals surface area contributed by atoms with E-state index in [1.807, 2.05) is 22.9 Å². The highest BCUT2D eigenvalue weighted by molar-refractivity contribution is 7.18. The number of hydrogen-bond acceptors (Lipinski definition) is 7. The van der Waals surface area contributed by atoms with Crippen molar-refractivity contribution in [2.45, 2.75) is 6.92 Å². The van der Waals surface area contributed by atoms with Crippen LogP contribution in [-0.2, 0) is 9.59 Å². The van der Waals surface area contributed by atoms with E-state index in [4.69, 9.17) is 0 Å². The van der Waals surface area contributed by atoms with Gasteiger partial charge in [0.25, 0.3) is 11.8 Å². The normalized spacial score (nSPS) is 13.9. The summed E-state index contributed by atoms with van der Waals surface area (Å²) in [6, 6.07) is 9.85. The second-order valence-corrected chi connectivity index (χ2v) is 8.42. The minimum Gasteiger partial charge on any atom is -0.335 e. The number of rotatable bonds is 4. The number of benzene rings is 1. The fourth-order valence-electron chi connectivity index (χ4n) is 3.19. The molecule has 2 amide bonds. The predicted octanol–water partition coefficient (Wildman–Crippen LogP) is 4.57. The van der Waals surface area contributed by atoms with Crippen molar-refractivity contribution in [3.63, 3.8) is 0 Å². The van der Waals surface area contributed by atoms with Gasteiger partial charge in [0.1, 0.15) is 22.2 Å². The monoisotopic (exact) mass is 436 g/mol. The number of fused-ring (bicyclic) bond motifs is 1. The van der Waals surface area contributed by atoms with Crippen LogP contribution in [0, 0.1) is 5.82 Å². The minimum atomic E-state index is -0.500. The lowest BCUT2D eigenvalue weighted by molar-refractivity contribution is -0.124. The molecule has 5 rings (SSSR count). The second-order valence-electron chi connectivity index (χ2n) is 6.62. The molecule has 0 unspecified atom stereocenters. The summed E-state index contributed by atoms with van der Waals surface area (Å²) < 4.78 is 13.4. The lowest BCUT2D eigenvalue weighted by Gasteiger charge is -2.11. The molecule has 3 aromatic heterocycles. The van der Waals surface area contributed by atoms with E-state index >= 15 is 0 Å². The SMILES string of the molecule is CC1=C(Nc2nc(-c3ccc(F)cc3)nc3scc(-c4cccs4)c23)C(=O)NC1=O. The molecule has 4 heterocycles. The maximum atomic E-state index is 13.4. The number of aromatic nitrogens is 2. The van der Waals surface area contributed by atoms with Gasteiger partial charge in [0.05, 0.1) is 5.39 Å². The van der Waals surface area contributed by atoms with E-state index in [1.165, 1.54) is 23.5 Å². The molecule has 2 N–H and O–H groups in total. The average Bonchev–Trinajstić information content (AvgIpc) is 3.45. The van der Waals surface area contributed by atoms with Gasteiger partial charge < -0.3 is 5.32 Å². The van der Waals surface area contributed by atoms with Crippen LogP contribution in [0.15, 0.2) is 58.4 Å². The number of nitrogens with zero attached hydrogens (tertiary/aromatic N) is 2. The van der Waals surface area contributed by atoms with Gasteiger partial charge in [-0.3, -0.25) is 14.9 Å². The summed E-state index contributed by atoms with van der Waals surface area (Å²) in [6.45, 7) is 1.58. The Labute approximate surface area is 178 Å². The van der Waals surface area contributed by atoms with E-state index in [2.05, 4.69) is 20.6 Å². The van der Waals surface area contributed by atoms with Crippen LogP contribution in [0.3, 0.4) is 0 Å². The maximum absolute atomic E-state index is 13.4. The molecule has 1 aromatic carbocycles. The first-order chi connectivity index (χ1) is 14.5. The fraction of sp³-hybridized carbons (Fsp3) is 0.0476. The van der Waals surface area contributed by atoms with Gasteiger partial charge in [0.15, 0.2) is 5.82 Å². The molecule has 9 heteroatoms. The molecule has 0 radical (unpaired) electrons. The summed E-state index contributed by atoms with van der Waals surface area (Å²) in [7, 11) is 0. The van der Waals surface area contributed by atoms with E-state index in [1.54, 1.807) is 30.4 Å². The Bertz CT molecular complexity index is 1340. The van der Waals surface area contributed by atoms with Gasteiger partial charge in [0.2, 0.25) is 0 Å². The molecule has 6 nitrogen and oxygen atoms in total. The van der Waals surface area contributed by atoms with Gasteiger partial charge in [-0.25, -0.2) is 14.4 Å². The van der Waals surface area contributed by atoms with Crippen molar-refractivity contribution in [2.24, 2.45) is 0 Å². The molecule has 0 aliphatic carbocycles. The van der Waals surface area contributed by atoms with E-state index in [0.29, 0.717) is 22.8 Å². The largest absolute Gasteiger partial charge is 0.335 e. The molecule has 1 aliphatic rings. The molecule has 0 bridgehead atoms. The third-order valence-corrected chi connectivity index (χ3v) is 6.51. The van der Waals surface area contributed by atoms with Gasteiger partial charge in [-0.15, -0.1) is 22.7 Å². The second kappa shape index (κ2) is 7.12. The smallest absolute Gasteiger partial charge is 0.275 e. The van der Waals surface area contributed by atoms with Gasteiger partial charge in [-0.05, 0) is 42.6 Å². The van der Waals surface area contributed by atoms with Crippen molar-refractivity contribution in [1.29, 1.82) is 0 Å². The van der Waals surface area contributed by atoms with Crippen LogP contribution in [-0.4, -0.2) is 21.8 Å². The zero-order valence-corrected chi connectivity index (χ0v) is 17.2. The van der Waals surface area contributed by atoms with Crippen molar-refractivity contribution in [1.82, 2.24) is 15.3 Å². The summed E-state index contributed by atoms with van der Waals surface area (Å²) in [6.07, 6.45) is 0. The summed E-state index contributed by atoms with van der Waals surface area (Å²) in [4.78, 5) is 35.2. The Morgan fingerprint density at radius 3 is 2.50 bits per heavy atom. The Kier molecular flexibility index (Phi) is 4.41. The molecule has 148 valence electrons. The predicted molar refractivity (Wildman–Crippen MR) is 116 cm³/mol.